The second-order valence-electron chi connectivity index (χ2n) is 6.42. The van der Waals surface area contributed by atoms with Gasteiger partial charge >= 0.3 is 0 Å². The molecular formula is C18H27NO2. The third-order valence-electron chi connectivity index (χ3n) is 4.70. The maximum Gasteiger partial charge on any atom is 0.0853 e. The van der Waals surface area contributed by atoms with E-state index in [1.54, 1.807) is 0 Å². The first-order chi connectivity index (χ1) is 10.3. The molecule has 1 aromatic carbocycles. The lowest BCUT2D eigenvalue weighted by Gasteiger charge is -2.44. The van der Waals surface area contributed by atoms with Gasteiger partial charge < -0.3 is 9.47 Å². The Bertz CT molecular complexity index is 432. The quantitative estimate of drug-likeness (QED) is 0.850. The zero-order valence-electron chi connectivity index (χ0n) is 13.1. The molecule has 0 atom stereocenters. The van der Waals surface area contributed by atoms with E-state index in [0.717, 1.165) is 52.3 Å². The largest absolute Gasteiger partial charge is 0.381 e. The third-order valence-corrected chi connectivity index (χ3v) is 4.70. The van der Waals surface area contributed by atoms with Crippen molar-refractivity contribution in [1.82, 2.24) is 4.90 Å². The molecule has 0 aromatic heterocycles. The van der Waals surface area contributed by atoms with Gasteiger partial charge in [0, 0.05) is 45.7 Å². The van der Waals surface area contributed by atoms with Crippen molar-refractivity contribution in [2.24, 2.45) is 0 Å². The fraction of sp³-hybridized carbons (Fsp3) is 0.667. The normalized spacial score (nSPS) is 22.5. The monoisotopic (exact) mass is 289 g/mol. The van der Waals surface area contributed by atoms with E-state index in [0.29, 0.717) is 0 Å². The van der Waals surface area contributed by atoms with Crippen molar-refractivity contribution in [3.8, 4) is 0 Å². The fourth-order valence-electron chi connectivity index (χ4n) is 3.46. The summed E-state index contributed by atoms with van der Waals surface area (Å²) in [5.74, 6) is 0. The zero-order valence-corrected chi connectivity index (χ0v) is 13.1. The van der Waals surface area contributed by atoms with Crippen molar-refractivity contribution in [3.63, 3.8) is 0 Å². The summed E-state index contributed by atoms with van der Waals surface area (Å²) in [7, 11) is 0. The van der Waals surface area contributed by atoms with Gasteiger partial charge in [-0.15, -0.1) is 0 Å². The van der Waals surface area contributed by atoms with Crippen LogP contribution in [0.15, 0.2) is 24.3 Å². The molecule has 0 unspecified atom stereocenters. The fourth-order valence-corrected chi connectivity index (χ4v) is 3.46. The molecule has 1 aromatic rings. The summed E-state index contributed by atoms with van der Waals surface area (Å²) in [5.41, 5.74) is 2.92. The minimum atomic E-state index is 0.0542. The van der Waals surface area contributed by atoms with Gasteiger partial charge in [-0.25, -0.2) is 0 Å². The lowest BCUT2D eigenvalue weighted by molar-refractivity contribution is -0.155. The predicted molar refractivity (Wildman–Crippen MR) is 84.5 cm³/mol. The Hall–Kier alpha value is -0.900. The molecule has 21 heavy (non-hydrogen) atoms. The number of ether oxygens (including phenoxy) is 2. The van der Waals surface area contributed by atoms with Crippen molar-refractivity contribution in [2.75, 3.05) is 32.9 Å². The molecule has 2 saturated heterocycles. The summed E-state index contributed by atoms with van der Waals surface area (Å²) < 4.78 is 11.6. The summed E-state index contributed by atoms with van der Waals surface area (Å²) in [6, 6.07) is 9.14. The van der Waals surface area contributed by atoms with E-state index in [4.69, 9.17) is 9.47 Å². The van der Waals surface area contributed by atoms with E-state index in [9.17, 15) is 0 Å². The molecule has 1 spiro atoms. The number of benzene rings is 1. The standard InChI is InChI=1S/C18H27NO2/c1-2-3-16-4-6-17(7-5-16)14-19-10-13-21-18(15-19)8-11-20-12-9-18/h4-7H,2-3,8-15H2,1H3. The molecule has 3 nitrogen and oxygen atoms in total. The minimum Gasteiger partial charge on any atom is -0.381 e. The average molecular weight is 289 g/mol. The van der Waals surface area contributed by atoms with Gasteiger partial charge in [-0.05, 0) is 17.5 Å². The highest BCUT2D eigenvalue weighted by atomic mass is 16.5. The average Bonchev–Trinajstić information content (AvgIpc) is 2.50. The third kappa shape index (κ3) is 3.85. The van der Waals surface area contributed by atoms with E-state index in [1.165, 1.54) is 24.0 Å². The van der Waals surface area contributed by atoms with Crippen LogP contribution in [0.5, 0.6) is 0 Å². The van der Waals surface area contributed by atoms with Crippen molar-refractivity contribution in [2.45, 2.75) is 44.8 Å². The Labute approximate surface area is 128 Å². The Morgan fingerprint density at radius 1 is 1.05 bits per heavy atom. The Balaban J connectivity index is 1.59. The van der Waals surface area contributed by atoms with E-state index >= 15 is 0 Å². The molecule has 116 valence electrons. The molecular weight excluding hydrogens is 262 g/mol. The molecule has 3 rings (SSSR count). The second kappa shape index (κ2) is 6.91. The zero-order chi connectivity index (χ0) is 14.5. The lowest BCUT2D eigenvalue weighted by Crippen LogP contribution is -2.54. The van der Waals surface area contributed by atoms with Gasteiger partial charge in [-0.3, -0.25) is 4.90 Å². The number of hydrogen-bond acceptors (Lipinski definition) is 3. The van der Waals surface area contributed by atoms with Gasteiger partial charge in [-0.2, -0.15) is 0 Å². The maximum atomic E-state index is 6.10. The number of rotatable bonds is 4. The molecule has 0 amide bonds. The Morgan fingerprint density at radius 2 is 1.76 bits per heavy atom. The Morgan fingerprint density at radius 3 is 2.48 bits per heavy atom. The van der Waals surface area contributed by atoms with Crippen LogP contribution in [0.1, 0.15) is 37.3 Å². The molecule has 0 aliphatic carbocycles. The van der Waals surface area contributed by atoms with Crippen LogP contribution < -0.4 is 0 Å². The number of morpholine rings is 1. The first kappa shape index (κ1) is 15.0. The van der Waals surface area contributed by atoms with Crippen LogP contribution in [-0.4, -0.2) is 43.4 Å². The number of nitrogens with zero attached hydrogens (tertiary/aromatic N) is 1. The van der Waals surface area contributed by atoms with Gasteiger partial charge in [0.05, 0.1) is 12.2 Å². The van der Waals surface area contributed by atoms with Crippen molar-refractivity contribution in [3.05, 3.63) is 35.4 Å². The van der Waals surface area contributed by atoms with Crippen LogP contribution in [0.2, 0.25) is 0 Å². The van der Waals surface area contributed by atoms with E-state index in [2.05, 4.69) is 36.1 Å². The van der Waals surface area contributed by atoms with Gasteiger partial charge in [-0.1, -0.05) is 37.6 Å². The van der Waals surface area contributed by atoms with Crippen LogP contribution >= 0.6 is 0 Å². The molecule has 0 radical (unpaired) electrons. The molecule has 0 N–H and O–H groups in total. The highest BCUT2D eigenvalue weighted by Crippen LogP contribution is 2.29. The second-order valence-corrected chi connectivity index (χ2v) is 6.42. The topological polar surface area (TPSA) is 21.7 Å². The summed E-state index contributed by atoms with van der Waals surface area (Å²) in [6.45, 7) is 7.91. The molecule has 2 aliphatic rings. The number of aryl methyl sites for hydroxylation is 1. The smallest absolute Gasteiger partial charge is 0.0853 e. The van der Waals surface area contributed by atoms with Crippen molar-refractivity contribution < 1.29 is 9.47 Å². The van der Waals surface area contributed by atoms with Crippen molar-refractivity contribution in [1.29, 1.82) is 0 Å². The Kier molecular flexibility index (Phi) is 4.94. The first-order valence-corrected chi connectivity index (χ1v) is 8.32. The van der Waals surface area contributed by atoms with Crippen LogP contribution in [0, 0.1) is 0 Å². The molecule has 3 heteroatoms. The molecule has 0 bridgehead atoms. The highest BCUT2D eigenvalue weighted by Gasteiger charge is 2.38. The van der Waals surface area contributed by atoms with Crippen LogP contribution in [-0.2, 0) is 22.4 Å². The lowest BCUT2D eigenvalue weighted by atomic mass is 9.92. The van der Waals surface area contributed by atoms with E-state index in [-0.39, 0.29) is 5.60 Å². The summed E-state index contributed by atoms with van der Waals surface area (Å²) in [5, 5.41) is 0. The van der Waals surface area contributed by atoms with Crippen LogP contribution in [0.25, 0.3) is 0 Å². The first-order valence-electron chi connectivity index (χ1n) is 8.32. The number of hydrogen-bond donors (Lipinski definition) is 0. The van der Waals surface area contributed by atoms with Gasteiger partial charge in [0.2, 0.25) is 0 Å². The summed E-state index contributed by atoms with van der Waals surface area (Å²) in [6.07, 6.45) is 4.48. The van der Waals surface area contributed by atoms with Gasteiger partial charge in [0.1, 0.15) is 0 Å². The SMILES string of the molecule is CCCc1ccc(CN2CCOC3(CCOCC3)C2)cc1. The summed E-state index contributed by atoms with van der Waals surface area (Å²) >= 11 is 0. The van der Waals surface area contributed by atoms with Gasteiger partial charge in [0.25, 0.3) is 0 Å². The predicted octanol–water partition coefficient (Wildman–Crippen LogP) is 3.02. The molecule has 2 aliphatic heterocycles. The van der Waals surface area contributed by atoms with Gasteiger partial charge in [0.15, 0.2) is 0 Å². The molecule has 2 heterocycles. The molecule has 2 fully saturated rings. The summed E-state index contributed by atoms with van der Waals surface area (Å²) in [4.78, 5) is 2.55. The maximum absolute atomic E-state index is 6.10. The van der Waals surface area contributed by atoms with E-state index < -0.39 is 0 Å². The highest BCUT2D eigenvalue weighted by molar-refractivity contribution is 5.22. The van der Waals surface area contributed by atoms with Crippen LogP contribution in [0.3, 0.4) is 0 Å². The van der Waals surface area contributed by atoms with E-state index in [1.807, 2.05) is 0 Å². The van der Waals surface area contributed by atoms with Crippen molar-refractivity contribution >= 4 is 0 Å². The molecule has 0 saturated carbocycles. The van der Waals surface area contributed by atoms with Crippen LogP contribution in [0.4, 0.5) is 0 Å². The minimum absolute atomic E-state index is 0.0542.